The quantitative estimate of drug-likeness (QED) is 0.724. The van der Waals surface area contributed by atoms with Crippen molar-refractivity contribution in [2.24, 2.45) is 0 Å². The van der Waals surface area contributed by atoms with Gasteiger partial charge in [-0.15, -0.1) is 0 Å². The van der Waals surface area contributed by atoms with Gasteiger partial charge in [-0.05, 0) is 31.5 Å². The molecule has 0 fully saturated rings. The van der Waals surface area contributed by atoms with Crippen LogP contribution in [0.5, 0.6) is 5.75 Å². The Balaban J connectivity index is 1.76. The predicted octanol–water partition coefficient (Wildman–Crippen LogP) is 2.89. The van der Waals surface area contributed by atoms with E-state index in [1.165, 1.54) is 6.07 Å². The molecule has 7 heteroatoms. The number of benzene rings is 1. The predicted molar refractivity (Wildman–Crippen MR) is 87.1 cm³/mol. The fourth-order valence-corrected chi connectivity index (χ4v) is 2.23. The third-order valence-corrected chi connectivity index (χ3v) is 3.42. The normalized spacial score (nSPS) is 12.1. The summed E-state index contributed by atoms with van der Waals surface area (Å²) in [7, 11) is 0. The number of aryl methyl sites for hydroxylation is 1. The highest BCUT2D eigenvalue weighted by molar-refractivity contribution is 5.93. The monoisotopic (exact) mass is 328 g/mol. The number of carbonyl (C=O) groups is 1. The van der Waals surface area contributed by atoms with E-state index in [2.05, 4.69) is 10.5 Å². The number of carbonyl (C=O) groups excluding carboxylic acids is 1. The third kappa shape index (κ3) is 3.45. The van der Waals surface area contributed by atoms with Crippen molar-refractivity contribution in [3.05, 3.63) is 52.6 Å². The lowest BCUT2D eigenvalue weighted by atomic mass is 10.2. The number of nitrogens with zero attached hydrogens (tertiary/aromatic N) is 1. The SMILES string of the molecule is CCC(Oc1ccc2ccc(=O)oc2c1)C(=O)Nc1cc(C)on1. The first kappa shape index (κ1) is 15.8. The molecule has 3 aromatic rings. The van der Waals surface area contributed by atoms with Gasteiger partial charge < -0.3 is 19.0 Å². The number of nitrogens with one attached hydrogen (secondary N) is 1. The molecule has 2 heterocycles. The summed E-state index contributed by atoms with van der Waals surface area (Å²) in [6.07, 6.45) is -0.255. The lowest BCUT2D eigenvalue weighted by molar-refractivity contribution is -0.122. The van der Waals surface area contributed by atoms with E-state index in [0.29, 0.717) is 29.3 Å². The van der Waals surface area contributed by atoms with Crippen molar-refractivity contribution in [1.82, 2.24) is 5.16 Å². The minimum absolute atomic E-state index is 0.333. The van der Waals surface area contributed by atoms with Crippen LogP contribution in [0.15, 0.2) is 50.1 Å². The Morgan fingerprint density at radius 3 is 2.79 bits per heavy atom. The Hall–Kier alpha value is -3.09. The zero-order chi connectivity index (χ0) is 17.1. The van der Waals surface area contributed by atoms with E-state index in [-0.39, 0.29) is 5.91 Å². The Labute approximate surface area is 137 Å². The van der Waals surface area contributed by atoms with E-state index in [1.807, 2.05) is 6.92 Å². The van der Waals surface area contributed by atoms with Crippen LogP contribution in [0.1, 0.15) is 19.1 Å². The first-order valence-corrected chi connectivity index (χ1v) is 7.50. The van der Waals surface area contributed by atoms with Gasteiger partial charge in [0, 0.05) is 23.6 Å². The lowest BCUT2D eigenvalue weighted by Gasteiger charge is -2.16. The number of fused-ring (bicyclic) bond motifs is 1. The molecule has 7 nitrogen and oxygen atoms in total. The van der Waals surface area contributed by atoms with Gasteiger partial charge in [0.25, 0.3) is 5.91 Å². The Kier molecular flexibility index (Phi) is 4.33. The van der Waals surface area contributed by atoms with Crippen LogP contribution in [0.25, 0.3) is 11.0 Å². The van der Waals surface area contributed by atoms with Gasteiger partial charge in [-0.2, -0.15) is 0 Å². The maximum absolute atomic E-state index is 12.3. The number of amides is 1. The van der Waals surface area contributed by atoms with Crippen LogP contribution >= 0.6 is 0 Å². The van der Waals surface area contributed by atoms with Gasteiger partial charge in [0.05, 0.1) is 0 Å². The third-order valence-electron chi connectivity index (χ3n) is 3.42. The standard InChI is InChI=1S/C17H16N2O5/c1-3-13(17(21)18-15-8-10(2)24-19-15)22-12-6-4-11-5-7-16(20)23-14(11)9-12/h4-9,13H,3H2,1-2H3,(H,18,19,21). The molecule has 1 amide bonds. The molecule has 0 spiro atoms. The lowest BCUT2D eigenvalue weighted by Crippen LogP contribution is -2.32. The zero-order valence-electron chi connectivity index (χ0n) is 13.2. The van der Waals surface area contributed by atoms with Gasteiger partial charge in [0.1, 0.15) is 17.1 Å². The summed E-state index contributed by atoms with van der Waals surface area (Å²) in [5, 5.41) is 7.13. The Bertz CT molecular complexity index is 928. The smallest absolute Gasteiger partial charge is 0.336 e. The first-order valence-electron chi connectivity index (χ1n) is 7.50. The zero-order valence-corrected chi connectivity index (χ0v) is 13.2. The van der Waals surface area contributed by atoms with E-state index >= 15 is 0 Å². The molecule has 2 aromatic heterocycles. The molecule has 1 aromatic carbocycles. The fraction of sp³-hybridized carbons (Fsp3) is 0.235. The Morgan fingerprint density at radius 2 is 2.08 bits per heavy atom. The largest absolute Gasteiger partial charge is 0.480 e. The van der Waals surface area contributed by atoms with Crippen LogP contribution in [0.3, 0.4) is 0 Å². The van der Waals surface area contributed by atoms with Crippen LogP contribution in [0.2, 0.25) is 0 Å². The number of rotatable bonds is 5. The van der Waals surface area contributed by atoms with Crippen LogP contribution in [-0.4, -0.2) is 17.2 Å². The van der Waals surface area contributed by atoms with Gasteiger partial charge in [-0.3, -0.25) is 4.79 Å². The molecule has 0 aliphatic rings. The van der Waals surface area contributed by atoms with Crippen molar-refractivity contribution in [1.29, 1.82) is 0 Å². The second kappa shape index (κ2) is 6.57. The number of aromatic nitrogens is 1. The molecule has 24 heavy (non-hydrogen) atoms. The van der Waals surface area contributed by atoms with Crippen molar-refractivity contribution in [2.45, 2.75) is 26.4 Å². The summed E-state index contributed by atoms with van der Waals surface area (Å²) in [5.41, 5.74) is -0.0341. The molecular weight excluding hydrogens is 312 g/mol. The van der Waals surface area contributed by atoms with E-state index in [1.54, 1.807) is 37.3 Å². The van der Waals surface area contributed by atoms with E-state index in [9.17, 15) is 9.59 Å². The van der Waals surface area contributed by atoms with Crippen molar-refractivity contribution in [3.8, 4) is 5.75 Å². The highest BCUT2D eigenvalue weighted by Gasteiger charge is 2.20. The van der Waals surface area contributed by atoms with Crippen LogP contribution in [-0.2, 0) is 4.79 Å². The van der Waals surface area contributed by atoms with Gasteiger partial charge in [-0.25, -0.2) is 4.79 Å². The molecule has 124 valence electrons. The summed E-state index contributed by atoms with van der Waals surface area (Å²) in [5.74, 6) is 1.04. The molecule has 0 saturated heterocycles. The number of anilines is 1. The van der Waals surface area contributed by atoms with Gasteiger partial charge >= 0.3 is 5.63 Å². The van der Waals surface area contributed by atoms with Crippen LogP contribution in [0, 0.1) is 6.92 Å². The molecule has 3 rings (SSSR count). The molecule has 1 atom stereocenters. The van der Waals surface area contributed by atoms with Crippen molar-refractivity contribution < 1.29 is 18.5 Å². The minimum atomic E-state index is -0.713. The van der Waals surface area contributed by atoms with Crippen molar-refractivity contribution >= 4 is 22.7 Å². The second-order valence-electron chi connectivity index (χ2n) is 5.28. The molecule has 0 bridgehead atoms. The van der Waals surface area contributed by atoms with E-state index in [0.717, 1.165) is 5.39 Å². The second-order valence-corrected chi connectivity index (χ2v) is 5.28. The van der Waals surface area contributed by atoms with E-state index in [4.69, 9.17) is 13.7 Å². The Morgan fingerprint density at radius 1 is 1.29 bits per heavy atom. The van der Waals surface area contributed by atoms with Gasteiger partial charge in [0.2, 0.25) is 0 Å². The topological polar surface area (TPSA) is 94.6 Å². The summed E-state index contributed by atoms with van der Waals surface area (Å²) in [4.78, 5) is 23.6. The molecular formula is C17H16N2O5. The average Bonchev–Trinajstić information content (AvgIpc) is 2.97. The fourth-order valence-electron chi connectivity index (χ4n) is 2.23. The summed E-state index contributed by atoms with van der Waals surface area (Å²) in [6, 6.07) is 9.72. The number of hydrogen-bond acceptors (Lipinski definition) is 6. The van der Waals surface area contributed by atoms with Gasteiger partial charge in [-0.1, -0.05) is 12.1 Å². The molecule has 1 N–H and O–H groups in total. The maximum atomic E-state index is 12.3. The van der Waals surface area contributed by atoms with Gasteiger partial charge in [0.15, 0.2) is 11.9 Å². The number of ether oxygens (including phenoxy) is 1. The maximum Gasteiger partial charge on any atom is 0.336 e. The van der Waals surface area contributed by atoms with Crippen molar-refractivity contribution in [2.75, 3.05) is 5.32 Å². The van der Waals surface area contributed by atoms with E-state index < -0.39 is 11.7 Å². The molecule has 0 saturated carbocycles. The first-order chi connectivity index (χ1) is 11.5. The van der Waals surface area contributed by atoms with Crippen LogP contribution in [0.4, 0.5) is 5.82 Å². The van der Waals surface area contributed by atoms with Crippen molar-refractivity contribution in [3.63, 3.8) is 0 Å². The summed E-state index contributed by atoms with van der Waals surface area (Å²) < 4.78 is 15.7. The van der Waals surface area contributed by atoms with Crippen LogP contribution < -0.4 is 15.7 Å². The highest BCUT2D eigenvalue weighted by atomic mass is 16.5. The average molecular weight is 328 g/mol. The molecule has 0 radical (unpaired) electrons. The highest BCUT2D eigenvalue weighted by Crippen LogP contribution is 2.21. The molecule has 0 aliphatic carbocycles. The summed E-state index contributed by atoms with van der Waals surface area (Å²) in [6.45, 7) is 3.57. The number of hydrogen-bond donors (Lipinski definition) is 1. The minimum Gasteiger partial charge on any atom is -0.480 e. The summed E-state index contributed by atoms with van der Waals surface area (Å²) >= 11 is 0. The molecule has 1 unspecified atom stereocenters. The molecule has 0 aliphatic heterocycles.